The Bertz CT molecular complexity index is 932. The second kappa shape index (κ2) is 9.32. The van der Waals surface area contributed by atoms with Crippen LogP contribution in [-0.4, -0.2) is 12.9 Å². The van der Waals surface area contributed by atoms with Crippen LogP contribution in [0.5, 0.6) is 5.75 Å². The molecule has 0 spiro atoms. The normalized spacial score (nSPS) is 11.8. The van der Waals surface area contributed by atoms with Crippen molar-refractivity contribution in [3.63, 3.8) is 0 Å². The van der Waals surface area contributed by atoms with Gasteiger partial charge in [-0.05, 0) is 85.3 Å². The highest BCUT2D eigenvalue weighted by Crippen LogP contribution is 2.31. The lowest BCUT2D eigenvalue weighted by molar-refractivity contribution is 0.112. The molecular formula is C25H25FO2. The molecule has 0 N–H and O–H groups in total. The topological polar surface area (TPSA) is 26.3 Å². The Kier molecular flexibility index (Phi) is 6.59. The predicted octanol–water partition coefficient (Wildman–Crippen LogP) is 6.25. The number of hydrogen-bond acceptors (Lipinski definition) is 2. The number of hydrogen-bond donors (Lipinski definition) is 0. The molecular weight excluding hydrogens is 351 g/mol. The van der Waals surface area contributed by atoms with E-state index in [1.807, 2.05) is 6.07 Å². The average molecular weight is 376 g/mol. The van der Waals surface area contributed by atoms with Gasteiger partial charge in [-0.1, -0.05) is 30.3 Å². The fourth-order valence-corrected chi connectivity index (χ4v) is 3.35. The lowest BCUT2D eigenvalue weighted by Crippen LogP contribution is -2.06. The maximum absolute atomic E-state index is 13.8. The van der Waals surface area contributed by atoms with Crippen LogP contribution in [0.1, 0.15) is 51.4 Å². The van der Waals surface area contributed by atoms with E-state index in [2.05, 4.69) is 32.0 Å². The average Bonchev–Trinajstić information content (AvgIpc) is 2.71. The van der Waals surface area contributed by atoms with E-state index in [-0.39, 0.29) is 11.7 Å². The summed E-state index contributed by atoms with van der Waals surface area (Å²) >= 11 is 0. The van der Waals surface area contributed by atoms with Gasteiger partial charge in [-0.25, -0.2) is 4.39 Å². The van der Waals surface area contributed by atoms with Crippen molar-refractivity contribution < 1.29 is 13.9 Å². The Morgan fingerprint density at radius 3 is 2.36 bits per heavy atom. The molecule has 0 aliphatic carbocycles. The van der Waals surface area contributed by atoms with Gasteiger partial charge < -0.3 is 4.74 Å². The molecule has 0 fully saturated rings. The SMILES string of the molecule is Cc1ccc(C(CCCOc2ccc(C=O)cc2)c2cccc(F)c2)cc1C. The fraction of sp³-hybridized carbons (Fsp3) is 0.240. The van der Waals surface area contributed by atoms with Gasteiger partial charge in [-0.3, -0.25) is 4.79 Å². The van der Waals surface area contributed by atoms with Crippen LogP contribution >= 0.6 is 0 Å². The van der Waals surface area contributed by atoms with Crippen molar-refractivity contribution in [3.05, 3.63) is 100 Å². The maximum Gasteiger partial charge on any atom is 0.150 e. The van der Waals surface area contributed by atoms with E-state index >= 15 is 0 Å². The molecule has 1 atom stereocenters. The van der Waals surface area contributed by atoms with Gasteiger partial charge in [0.15, 0.2) is 0 Å². The third-order valence-corrected chi connectivity index (χ3v) is 5.11. The Labute approximate surface area is 166 Å². The van der Waals surface area contributed by atoms with E-state index in [0.717, 1.165) is 30.4 Å². The van der Waals surface area contributed by atoms with Gasteiger partial charge in [0.05, 0.1) is 6.61 Å². The molecule has 0 aromatic heterocycles. The number of ether oxygens (including phenoxy) is 1. The molecule has 3 rings (SSSR count). The van der Waals surface area contributed by atoms with Crippen molar-refractivity contribution in [2.75, 3.05) is 6.61 Å². The number of aldehydes is 1. The van der Waals surface area contributed by atoms with Gasteiger partial charge in [0.1, 0.15) is 17.9 Å². The van der Waals surface area contributed by atoms with E-state index < -0.39 is 0 Å². The van der Waals surface area contributed by atoms with Crippen molar-refractivity contribution in [2.24, 2.45) is 0 Å². The molecule has 0 saturated carbocycles. The van der Waals surface area contributed by atoms with Crippen LogP contribution in [0.3, 0.4) is 0 Å². The van der Waals surface area contributed by atoms with Crippen molar-refractivity contribution in [1.82, 2.24) is 0 Å². The number of halogens is 1. The smallest absolute Gasteiger partial charge is 0.150 e. The molecule has 0 aliphatic heterocycles. The standard InChI is InChI=1S/C25H25FO2/c1-18-8-11-22(15-19(18)2)25(21-5-3-6-23(26)16-21)7-4-14-28-24-12-9-20(17-27)10-13-24/h3,5-6,8-13,15-17,25H,4,7,14H2,1-2H3. The molecule has 0 heterocycles. The minimum atomic E-state index is -0.210. The third-order valence-electron chi connectivity index (χ3n) is 5.11. The number of rotatable bonds is 8. The molecule has 2 nitrogen and oxygen atoms in total. The molecule has 0 amide bonds. The van der Waals surface area contributed by atoms with E-state index in [4.69, 9.17) is 4.74 Å². The summed E-state index contributed by atoms with van der Waals surface area (Å²) in [4.78, 5) is 10.7. The summed E-state index contributed by atoms with van der Waals surface area (Å²) in [7, 11) is 0. The molecule has 3 aromatic rings. The summed E-state index contributed by atoms with van der Waals surface area (Å²) in [6, 6.07) is 20.4. The third kappa shape index (κ3) is 5.07. The van der Waals surface area contributed by atoms with Crippen molar-refractivity contribution in [2.45, 2.75) is 32.6 Å². The summed E-state index contributed by atoms with van der Waals surface area (Å²) in [5.41, 5.74) is 5.31. The molecule has 0 bridgehead atoms. The molecule has 144 valence electrons. The number of carbonyl (C=O) groups is 1. The molecule has 0 radical (unpaired) electrons. The van der Waals surface area contributed by atoms with E-state index in [1.165, 1.54) is 22.8 Å². The lowest BCUT2D eigenvalue weighted by Gasteiger charge is -2.19. The highest BCUT2D eigenvalue weighted by molar-refractivity contribution is 5.74. The first-order chi connectivity index (χ1) is 13.6. The summed E-state index contributed by atoms with van der Waals surface area (Å²) < 4.78 is 19.6. The fourth-order valence-electron chi connectivity index (χ4n) is 3.35. The van der Waals surface area contributed by atoms with E-state index in [0.29, 0.717) is 12.2 Å². The van der Waals surface area contributed by atoms with Crippen LogP contribution in [-0.2, 0) is 0 Å². The van der Waals surface area contributed by atoms with Gasteiger partial charge in [0.25, 0.3) is 0 Å². The van der Waals surface area contributed by atoms with Gasteiger partial charge in [0, 0.05) is 11.5 Å². The van der Waals surface area contributed by atoms with Crippen LogP contribution in [0.2, 0.25) is 0 Å². The minimum Gasteiger partial charge on any atom is -0.494 e. The van der Waals surface area contributed by atoms with Gasteiger partial charge in [-0.15, -0.1) is 0 Å². The summed E-state index contributed by atoms with van der Waals surface area (Å²) in [6.07, 6.45) is 2.51. The largest absolute Gasteiger partial charge is 0.494 e. The van der Waals surface area contributed by atoms with Crippen LogP contribution < -0.4 is 4.74 Å². The summed E-state index contributed by atoms with van der Waals surface area (Å²) in [5, 5.41) is 0. The minimum absolute atomic E-state index is 0.121. The second-order valence-electron chi connectivity index (χ2n) is 7.13. The molecule has 28 heavy (non-hydrogen) atoms. The zero-order valence-corrected chi connectivity index (χ0v) is 16.3. The quantitative estimate of drug-likeness (QED) is 0.343. The zero-order valence-electron chi connectivity index (χ0n) is 16.3. The van der Waals surface area contributed by atoms with Crippen molar-refractivity contribution in [3.8, 4) is 5.75 Å². The monoisotopic (exact) mass is 376 g/mol. The first kappa shape index (κ1) is 19.8. The van der Waals surface area contributed by atoms with Gasteiger partial charge >= 0.3 is 0 Å². The first-order valence-electron chi connectivity index (χ1n) is 9.57. The first-order valence-corrected chi connectivity index (χ1v) is 9.57. The number of carbonyl (C=O) groups excluding carboxylic acids is 1. The Balaban J connectivity index is 1.70. The summed E-state index contributed by atoms with van der Waals surface area (Å²) in [6.45, 7) is 4.77. The van der Waals surface area contributed by atoms with Crippen LogP contribution in [0.4, 0.5) is 4.39 Å². The van der Waals surface area contributed by atoms with Crippen molar-refractivity contribution >= 4 is 6.29 Å². The van der Waals surface area contributed by atoms with Crippen LogP contribution in [0.15, 0.2) is 66.7 Å². The molecule has 3 heteroatoms. The molecule has 0 aliphatic rings. The van der Waals surface area contributed by atoms with E-state index in [9.17, 15) is 9.18 Å². The lowest BCUT2D eigenvalue weighted by atomic mass is 9.86. The van der Waals surface area contributed by atoms with Gasteiger partial charge in [-0.2, -0.15) is 0 Å². The Morgan fingerprint density at radius 2 is 1.68 bits per heavy atom. The number of aryl methyl sites for hydroxylation is 2. The molecule has 1 unspecified atom stereocenters. The maximum atomic E-state index is 13.8. The van der Waals surface area contributed by atoms with Crippen LogP contribution in [0, 0.1) is 19.7 Å². The summed E-state index contributed by atoms with van der Waals surface area (Å²) in [5.74, 6) is 0.660. The predicted molar refractivity (Wildman–Crippen MR) is 111 cm³/mol. The second-order valence-corrected chi connectivity index (χ2v) is 7.13. The molecule has 3 aromatic carbocycles. The zero-order chi connectivity index (χ0) is 19.9. The number of benzene rings is 3. The van der Waals surface area contributed by atoms with Crippen LogP contribution in [0.25, 0.3) is 0 Å². The highest BCUT2D eigenvalue weighted by Gasteiger charge is 2.15. The Morgan fingerprint density at radius 1 is 0.929 bits per heavy atom. The van der Waals surface area contributed by atoms with Gasteiger partial charge in [0.2, 0.25) is 0 Å². The highest BCUT2D eigenvalue weighted by atomic mass is 19.1. The van der Waals surface area contributed by atoms with Crippen molar-refractivity contribution in [1.29, 1.82) is 0 Å². The Hall–Kier alpha value is -2.94. The van der Waals surface area contributed by atoms with E-state index in [1.54, 1.807) is 36.4 Å². The molecule has 0 saturated heterocycles.